The van der Waals surface area contributed by atoms with Gasteiger partial charge in [-0.05, 0) is 25.7 Å². The molecule has 20 heavy (non-hydrogen) atoms. The van der Waals surface area contributed by atoms with Gasteiger partial charge in [0, 0.05) is 38.5 Å². The predicted molar refractivity (Wildman–Crippen MR) is 80.2 cm³/mol. The molecule has 0 saturated carbocycles. The average Bonchev–Trinajstić information content (AvgIpc) is 2.46. The van der Waals surface area contributed by atoms with Crippen molar-refractivity contribution in [1.29, 1.82) is 0 Å². The first-order valence-electron chi connectivity index (χ1n) is 7.95. The van der Waals surface area contributed by atoms with Gasteiger partial charge in [-0.2, -0.15) is 0 Å². The summed E-state index contributed by atoms with van der Waals surface area (Å²) in [5.74, 6) is 0.229. The number of carbonyl (C=O) groups is 2. The molecule has 0 radical (unpaired) electrons. The summed E-state index contributed by atoms with van der Waals surface area (Å²) in [6, 6.07) is 0.166. The van der Waals surface area contributed by atoms with E-state index in [1.807, 2.05) is 4.90 Å². The number of likely N-dealkylation sites (tertiary alicyclic amines) is 1. The molecule has 5 nitrogen and oxygen atoms in total. The van der Waals surface area contributed by atoms with Crippen LogP contribution in [0.5, 0.6) is 0 Å². The maximum atomic E-state index is 12.2. The summed E-state index contributed by atoms with van der Waals surface area (Å²) in [6.07, 6.45) is 7.41. The Kier molecular flexibility index (Phi) is 8.26. The summed E-state index contributed by atoms with van der Waals surface area (Å²) in [7, 11) is 0. The number of unbranched alkanes of at least 4 members (excludes halogenated alkanes) is 2. The quantitative estimate of drug-likeness (QED) is 0.661. The number of nitrogens with two attached hydrogens (primary N) is 1. The highest BCUT2D eigenvalue weighted by molar-refractivity contribution is 5.77. The standard InChI is InChI=1S/C15H29N3O2/c1-2-3-4-8-15(20)18-11-6-5-7-13(18)12-17-14(19)9-10-16/h13H,2-12,16H2,1H3,(H,17,19). The van der Waals surface area contributed by atoms with Gasteiger partial charge in [-0.25, -0.2) is 0 Å². The Hall–Kier alpha value is -1.10. The maximum Gasteiger partial charge on any atom is 0.222 e. The van der Waals surface area contributed by atoms with Crippen LogP contribution in [0.2, 0.25) is 0 Å². The van der Waals surface area contributed by atoms with Gasteiger partial charge in [0.15, 0.2) is 0 Å². The lowest BCUT2D eigenvalue weighted by molar-refractivity contribution is -0.135. The molecule has 1 heterocycles. The molecule has 3 N–H and O–H groups in total. The molecule has 116 valence electrons. The van der Waals surface area contributed by atoms with E-state index in [0.29, 0.717) is 25.9 Å². The van der Waals surface area contributed by atoms with Gasteiger partial charge in [-0.1, -0.05) is 19.8 Å². The Labute approximate surface area is 122 Å². The molecule has 0 aromatic carbocycles. The first-order chi connectivity index (χ1) is 9.69. The van der Waals surface area contributed by atoms with Crippen molar-refractivity contribution in [2.75, 3.05) is 19.6 Å². The molecule has 5 heteroatoms. The van der Waals surface area contributed by atoms with Gasteiger partial charge in [0.2, 0.25) is 11.8 Å². The summed E-state index contributed by atoms with van der Waals surface area (Å²) >= 11 is 0. The van der Waals surface area contributed by atoms with Crippen LogP contribution < -0.4 is 11.1 Å². The molecule has 1 saturated heterocycles. The van der Waals surface area contributed by atoms with Crippen molar-refractivity contribution in [3.63, 3.8) is 0 Å². The number of piperidine rings is 1. The molecule has 0 spiro atoms. The third kappa shape index (κ3) is 5.90. The molecule has 0 bridgehead atoms. The van der Waals surface area contributed by atoms with E-state index in [2.05, 4.69) is 12.2 Å². The second kappa shape index (κ2) is 9.75. The molecule has 0 aliphatic carbocycles. The number of hydrogen-bond acceptors (Lipinski definition) is 3. The fraction of sp³-hybridized carbons (Fsp3) is 0.867. The monoisotopic (exact) mass is 283 g/mol. The largest absolute Gasteiger partial charge is 0.354 e. The maximum absolute atomic E-state index is 12.2. The van der Waals surface area contributed by atoms with Gasteiger partial charge >= 0.3 is 0 Å². The Morgan fingerprint density at radius 1 is 1.25 bits per heavy atom. The number of amides is 2. The molecule has 1 rings (SSSR count). The highest BCUT2D eigenvalue weighted by atomic mass is 16.2. The van der Waals surface area contributed by atoms with Gasteiger partial charge in [0.25, 0.3) is 0 Å². The molecule has 0 aromatic rings. The Morgan fingerprint density at radius 3 is 2.75 bits per heavy atom. The molecule has 1 fully saturated rings. The second-order valence-electron chi connectivity index (χ2n) is 5.54. The lowest BCUT2D eigenvalue weighted by Gasteiger charge is -2.36. The van der Waals surface area contributed by atoms with Crippen molar-refractivity contribution in [2.45, 2.75) is 64.3 Å². The highest BCUT2D eigenvalue weighted by Gasteiger charge is 2.26. The number of nitrogens with zero attached hydrogens (tertiary/aromatic N) is 1. The van der Waals surface area contributed by atoms with Crippen molar-refractivity contribution >= 4 is 11.8 Å². The topological polar surface area (TPSA) is 75.4 Å². The molecule has 0 aromatic heterocycles. The van der Waals surface area contributed by atoms with Crippen LogP contribution in [0.1, 0.15) is 58.3 Å². The van der Waals surface area contributed by atoms with E-state index in [4.69, 9.17) is 5.73 Å². The fourth-order valence-electron chi connectivity index (χ4n) is 2.66. The molecule has 1 aliphatic rings. The minimum absolute atomic E-state index is 0.0172. The van der Waals surface area contributed by atoms with Crippen molar-refractivity contribution in [3.8, 4) is 0 Å². The molecular formula is C15H29N3O2. The third-order valence-corrected chi connectivity index (χ3v) is 3.85. The number of rotatable bonds is 8. The van der Waals surface area contributed by atoms with Gasteiger partial charge in [0.05, 0.1) is 0 Å². The minimum Gasteiger partial charge on any atom is -0.354 e. The number of carbonyl (C=O) groups excluding carboxylic acids is 2. The SMILES string of the molecule is CCCCCC(=O)N1CCCCC1CNC(=O)CCN. The van der Waals surface area contributed by atoms with E-state index in [-0.39, 0.29) is 17.9 Å². The zero-order chi connectivity index (χ0) is 14.8. The predicted octanol–water partition coefficient (Wildman–Crippen LogP) is 1.41. The van der Waals surface area contributed by atoms with Crippen LogP contribution in [0.25, 0.3) is 0 Å². The first-order valence-corrected chi connectivity index (χ1v) is 7.95. The Balaban J connectivity index is 2.40. The lowest BCUT2D eigenvalue weighted by Crippen LogP contribution is -2.49. The molecule has 1 atom stereocenters. The first kappa shape index (κ1) is 17.0. The van der Waals surface area contributed by atoms with E-state index in [9.17, 15) is 9.59 Å². The summed E-state index contributed by atoms with van der Waals surface area (Å²) in [5.41, 5.74) is 5.36. The molecule has 1 aliphatic heterocycles. The van der Waals surface area contributed by atoms with E-state index >= 15 is 0 Å². The van der Waals surface area contributed by atoms with Crippen molar-refractivity contribution in [3.05, 3.63) is 0 Å². The highest BCUT2D eigenvalue weighted by Crippen LogP contribution is 2.18. The fourth-order valence-corrected chi connectivity index (χ4v) is 2.66. The van der Waals surface area contributed by atoms with E-state index in [1.54, 1.807) is 0 Å². The van der Waals surface area contributed by atoms with E-state index in [1.165, 1.54) is 0 Å². The molecule has 2 amide bonds. The molecular weight excluding hydrogens is 254 g/mol. The smallest absolute Gasteiger partial charge is 0.222 e. The summed E-state index contributed by atoms with van der Waals surface area (Å²) in [5, 5.41) is 2.89. The van der Waals surface area contributed by atoms with Crippen LogP contribution in [0.15, 0.2) is 0 Å². The normalized spacial score (nSPS) is 18.9. The van der Waals surface area contributed by atoms with Crippen LogP contribution in [-0.2, 0) is 9.59 Å². The number of nitrogens with one attached hydrogen (secondary N) is 1. The van der Waals surface area contributed by atoms with Crippen molar-refractivity contribution in [1.82, 2.24) is 10.2 Å². The summed E-state index contributed by atoms with van der Waals surface area (Å²) in [4.78, 5) is 25.7. The van der Waals surface area contributed by atoms with Crippen LogP contribution in [0, 0.1) is 0 Å². The molecule has 1 unspecified atom stereocenters. The number of hydrogen-bond donors (Lipinski definition) is 2. The van der Waals surface area contributed by atoms with Crippen molar-refractivity contribution < 1.29 is 9.59 Å². The second-order valence-corrected chi connectivity index (χ2v) is 5.54. The van der Waals surface area contributed by atoms with Gasteiger partial charge < -0.3 is 16.0 Å². The van der Waals surface area contributed by atoms with Crippen LogP contribution in [0.3, 0.4) is 0 Å². The van der Waals surface area contributed by atoms with Gasteiger partial charge in [0.1, 0.15) is 0 Å². The van der Waals surface area contributed by atoms with Gasteiger partial charge in [-0.3, -0.25) is 9.59 Å². The van der Waals surface area contributed by atoms with E-state index in [0.717, 1.165) is 45.1 Å². The average molecular weight is 283 g/mol. The Bertz CT molecular complexity index is 307. The van der Waals surface area contributed by atoms with Crippen LogP contribution in [-0.4, -0.2) is 42.4 Å². The summed E-state index contributed by atoms with van der Waals surface area (Å²) in [6.45, 7) is 3.91. The van der Waals surface area contributed by atoms with Crippen LogP contribution in [0.4, 0.5) is 0 Å². The summed E-state index contributed by atoms with van der Waals surface area (Å²) < 4.78 is 0. The van der Waals surface area contributed by atoms with Crippen LogP contribution >= 0.6 is 0 Å². The third-order valence-electron chi connectivity index (χ3n) is 3.85. The van der Waals surface area contributed by atoms with Crippen molar-refractivity contribution in [2.24, 2.45) is 5.73 Å². The lowest BCUT2D eigenvalue weighted by atomic mass is 10.0. The van der Waals surface area contributed by atoms with Gasteiger partial charge in [-0.15, -0.1) is 0 Å². The minimum atomic E-state index is -0.0172. The zero-order valence-electron chi connectivity index (χ0n) is 12.7. The zero-order valence-corrected chi connectivity index (χ0v) is 12.7. The Morgan fingerprint density at radius 2 is 2.05 bits per heavy atom. The van der Waals surface area contributed by atoms with E-state index < -0.39 is 0 Å².